The molecular formula is C12H15F4NO. The van der Waals surface area contributed by atoms with Crippen molar-refractivity contribution in [3.8, 4) is 0 Å². The first kappa shape index (κ1) is 14.9. The second kappa shape index (κ2) is 6.70. The third-order valence-corrected chi connectivity index (χ3v) is 2.27. The first-order valence-electron chi connectivity index (χ1n) is 5.53. The van der Waals surface area contributed by atoms with Crippen molar-refractivity contribution in [2.75, 3.05) is 6.61 Å². The van der Waals surface area contributed by atoms with Crippen molar-refractivity contribution >= 4 is 0 Å². The Morgan fingerprint density at radius 2 is 1.78 bits per heavy atom. The zero-order chi connectivity index (χ0) is 13.6. The van der Waals surface area contributed by atoms with Gasteiger partial charge in [-0.25, -0.2) is 4.39 Å². The number of alkyl halides is 3. The van der Waals surface area contributed by atoms with E-state index in [0.717, 1.165) is 0 Å². The van der Waals surface area contributed by atoms with Crippen LogP contribution < -0.4 is 5.73 Å². The van der Waals surface area contributed by atoms with Crippen LogP contribution in [0.3, 0.4) is 0 Å². The molecule has 2 N–H and O–H groups in total. The molecule has 0 atom stereocenters. The van der Waals surface area contributed by atoms with Crippen LogP contribution in [0.2, 0.25) is 0 Å². The van der Waals surface area contributed by atoms with Crippen LogP contribution in [-0.4, -0.2) is 12.8 Å². The Labute approximate surface area is 103 Å². The largest absolute Gasteiger partial charge is 0.389 e. The topological polar surface area (TPSA) is 35.2 Å². The predicted molar refractivity (Wildman–Crippen MR) is 59.2 cm³/mol. The van der Waals surface area contributed by atoms with Gasteiger partial charge in [-0.1, -0.05) is 6.07 Å². The van der Waals surface area contributed by atoms with E-state index in [1.165, 1.54) is 12.1 Å². The molecule has 0 unspecified atom stereocenters. The number of ether oxygens (including phenoxy) is 1. The molecule has 0 spiro atoms. The first-order chi connectivity index (χ1) is 8.40. The van der Waals surface area contributed by atoms with Crippen LogP contribution in [0.1, 0.15) is 24.0 Å². The average Bonchev–Trinajstić information content (AvgIpc) is 2.26. The predicted octanol–water partition coefficient (Wildman–Crippen LogP) is 3.14. The molecule has 0 aliphatic rings. The van der Waals surface area contributed by atoms with Gasteiger partial charge in [-0.2, -0.15) is 13.2 Å². The summed E-state index contributed by atoms with van der Waals surface area (Å²) in [6.45, 7) is 0.287. The highest BCUT2D eigenvalue weighted by Gasteiger charge is 2.25. The van der Waals surface area contributed by atoms with Crippen molar-refractivity contribution in [2.24, 2.45) is 5.73 Å². The number of hydrogen-bond donors (Lipinski definition) is 1. The van der Waals surface area contributed by atoms with Crippen LogP contribution in [0, 0.1) is 5.82 Å². The van der Waals surface area contributed by atoms with E-state index in [9.17, 15) is 17.6 Å². The summed E-state index contributed by atoms with van der Waals surface area (Å²) in [5, 5.41) is 0. The molecule has 1 aromatic rings. The standard InChI is InChI=1S/C12H15F4NO/c13-11-5-9(7-17)4-10(6-11)8-18-3-1-2-12(14,15)16/h4-6H,1-3,7-8,17H2. The Hall–Kier alpha value is -1.14. The summed E-state index contributed by atoms with van der Waals surface area (Å²) in [5.74, 6) is -0.424. The van der Waals surface area contributed by atoms with Crippen LogP contribution in [0.5, 0.6) is 0 Å². The zero-order valence-electron chi connectivity index (χ0n) is 9.77. The van der Waals surface area contributed by atoms with E-state index in [0.29, 0.717) is 11.1 Å². The third-order valence-electron chi connectivity index (χ3n) is 2.27. The second-order valence-electron chi connectivity index (χ2n) is 3.94. The fourth-order valence-corrected chi connectivity index (χ4v) is 1.48. The summed E-state index contributed by atoms with van der Waals surface area (Å²) >= 11 is 0. The normalized spacial score (nSPS) is 11.8. The molecule has 0 heterocycles. The average molecular weight is 265 g/mol. The maximum absolute atomic E-state index is 13.1. The summed E-state index contributed by atoms with van der Waals surface area (Å²) in [6, 6.07) is 4.27. The molecule has 1 aromatic carbocycles. The van der Waals surface area contributed by atoms with Gasteiger partial charge in [0.05, 0.1) is 6.61 Å². The molecule has 18 heavy (non-hydrogen) atoms. The molecule has 0 saturated heterocycles. The summed E-state index contributed by atoms with van der Waals surface area (Å²) in [4.78, 5) is 0. The Bertz CT molecular complexity index is 379. The molecule has 0 amide bonds. The van der Waals surface area contributed by atoms with Gasteiger partial charge in [-0.15, -0.1) is 0 Å². The Morgan fingerprint density at radius 1 is 1.11 bits per heavy atom. The van der Waals surface area contributed by atoms with Gasteiger partial charge >= 0.3 is 6.18 Å². The minimum Gasteiger partial charge on any atom is -0.377 e. The molecule has 0 aromatic heterocycles. The van der Waals surface area contributed by atoms with E-state index in [2.05, 4.69) is 0 Å². The fraction of sp³-hybridized carbons (Fsp3) is 0.500. The van der Waals surface area contributed by atoms with Crippen molar-refractivity contribution in [1.82, 2.24) is 0 Å². The zero-order valence-corrected chi connectivity index (χ0v) is 9.77. The summed E-state index contributed by atoms with van der Waals surface area (Å²) in [5.41, 5.74) is 6.58. The molecule has 0 bridgehead atoms. The van der Waals surface area contributed by atoms with Gasteiger partial charge in [0.15, 0.2) is 0 Å². The molecule has 0 saturated carbocycles. The molecular weight excluding hydrogens is 250 g/mol. The van der Waals surface area contributed by atoms with Gasteiger partial charge in [0.2, 0.25) is 0 Å². The molecule has 102 valence electrons. The number of hydrogen-bond acceptors (Lipinski definition) is 2. The highest BCUT2D eigenvalue weighted by molar-refractivity contribution is 5.24. The Morgan fingerprint density at radius 3 is 2.39 bits per heavy atom. The number of nitrogens with two attached hydrogens (primary N) is 1. The van der Waals surface area contributed by atoms with E-state index in [-0.39, 0.29) is 26.2 Å². The monoisotopic (exact) mass is 265 g/mol. The van der Waals surface area contributed by atoms with Crippen molar-refractivity contribution in [2.45, 2.75) is 32.2 Å². The van der Waals surface area contributed by atoms with Crippen LogP contribution in [0.25, 0.3) is 0 Å². The van der Waals surface area contributed by atoms with Crippen molar-refractivity contribution in [3.63, 3.8) is 0 Å². The molecule has 0 aliphatic carbocycles. The maximum Gasteiger partial charge on any atom is 0.389 e. The van der Waals surface area contributed by atoms with E-state index in [1.807, 2.05) is 0 Å². The van der Waals surface area contributed by atoms with Gasteiger partial charge in [-0.05, 0) is 29.7 Å². The lowest BCUT2D eigenvalue weighted by Gasteiger charge is -2.08. The van der Waals surface area contributed by atoms with E-state index in [4.69, 9.17) is 10.5 Å². The summed E-state index contributed by atoms with van der Waals surface area (Å²) in [6.07, 6.45) is -5.12. The Balaban J connectivity index is 2.33. The summed E-state index contributed by atoms with van der Waals surface area (Å²) < 4.78 is 53.7. The molecule has 0 fully saturated rings. The van der Waals surface area contributed by atoms with Crippen molar-refractivity contribution < 1.29 is 22.3 Å². The first-order valence-corrected chi connectivity index (χ1v) is 5.53. The van der Waals surface area contributed by atoms with Gasteiger partial charge in [0.1, 0.15) is 5.82 Å². The molecule has 0 aliphatic heterocycles. The van der Waals surface area contributed by atoms with Gasteiger partial charge < -0.3 is 10.5 Å². The van der Waals surface area contributed by atoms with Gasteiger partial charge in [0, 0.05) is 19.6 Å². The fourth-order valence-electron chi connectivity index (χ4n) is 1.48. The van der Waals surface area contributed by atoms with Gasteiger partial charge in [-0.3, -0.25) is 0 Å². The van der Waals surface area contributed by atoms with Crippen LogP contribution >= 0.6 is 0 Å². The van der Waals surface area contributed by atoms with Crippen molar-refractivity contribution in [3.05, 3.63) is 35.1 Å². The minimum absolute atomic E-state index is 0.00597. The van der Waals surface area contributed by atoms with Gasteiger partial charge in [0.25, 0.3) is 0 Å². The lowest BCUT2D eigenvalue weighted by molar-refractivity contribution is -0.138. The molecule has 1 rings (SSSR count). The van der Waals surface area contributed by atoms with Crippen LogP contribution in [-0.2, 0) is 17.9 Å². The SMILES string of the molecule is NCc1cc(F)cc(COCCCC(F)(F)F)c1. The van der Waals surface area contributed by atoms with E-state index in [1.54, 1.807) is 6.07 Å². The molecule has 2 nitrogen and oxygen atoms in total. The number of benzene rings is 1. The lowest BCUT2D eigenvalue weighted by atomic mass is 10.1. The lowest BCUT2D eigenvalue weighted by Crippen LogP contribution is -2.09. The second-order valence-corrected chi connectivity index (χ2v) is 3.94. The highest BCUT2D eigenvalue weighted by atomic mass is 19.4. The molecule has 0 radical (unpaired) electrons. The van der Waals surface area contributed by atoms with E-state index < -0.39 is 18.4 Å². The minimum atomic E-state index is -4.16. The van der Waals surface area contributed by atoms with E-state index >= 15 is 0 Å². The molecule has 6 heteroatoms. The number of rotatable bonds is 6. The quantitative estimate of drug-likeness (QED) is 0.633. The van der Waals surface area contributed by atoms with Crippen LogP contribution in [0.15, 0.2) is 18.2 Å². The van der Waals surface area contributed by atoms with Crippen LogP contribution in [0.4, 0.5) is 17.6 Å². The Kier molecular flexibility index (Phi) is 5.55. The highest BCUT2D eigenvalue weighted by Crippen LogP contribution is 2.21. The van der Waals surface area contributed by atoms with Crippen molar-refractivity contribution in [1.29, 1.82) is 0 Å². The summed E-state index contributed by atoms with van der Waals surface area (Å²) in [7, 11) is 0. The smallest absolute Gasteiger partial charge is 0.377 e. The number of halogens is 4. The maximum atomic E-state index is 13.1. The third kappa shape index (κ3) is 5.97.